The number of benzene rings is 1. The lowest BCUT2D eigenvalue weighted by atomic mass is 10.2. The van der Waals surface area contributed by atoms with Crippen molar-refractivity contribution in [3.05, 3.63) is 35.9 Å². The highest BCUT2D eigenvalue weighted by Gasteiger charge is 2.31. The van der Waals surface area contributed by atoms with E-state index in [4.69, 9.17) is 14.2 Å². The second-order valence-corrected chi connectivity index (χ2v) is 7.89. The van der Waals surface area contributed by atoms with Gasteiger partial charge in [0.15, 0.2) is 0 Å². The average molecular weight is 391 g/mol. The first-order chi connectivity index (χ1) is 13.2. The highest BCUT2D eigenvalue weighted by molar-refractivity contribution is 5.86. The van der Waals surface area contributed by atoms with Crippen LogP contribution in [-0.2, 0) is 30.4 Å². The molecular formula is C21H29NO6. The van der Waals surface area contributed by atoms with Crippen LogP contribution in [0.25, 0.3) is 0 Å². The van der Waals surface area contributed by atoms with Gasteiger partial charge in [-0.15, -0.1) is 0 Å². The van der Waals surface area contributed by atoms with Gasteiger partial charge in [0, 0.05) is 0 Å². The van der Waals surface area contributed by atoms with Gasteiger partial charge in [0.25, 0.3) is 0 Å². The summed E-state index contributed by atoms with van der Waals surface area (Å²) in [6.45, 7) is 5.24. The Morgan fingerprint density at radius 2 is 1.75 bits per heavy atom. The van der Waals surface area contributed by atoms with Gasteiger partial charge < -0.3 is 19.5 Å². The summed E-state index contributed by atoms with van der Waals surface area (Å²) in [4.78, 5) is 36.8. The molecule has 1 atom stereocenters. The fourth-order valence-electron chi connectivity index (χ4n) is 2.86. The van der Waals surface area contributed by atoms with Crippen LogP contribution in [0, 0.1) is 0 Å². The van der Waals surface area contributed by atoms with Crippen LogP contribution in [-0.4, -0.2) is 35.8 Å². The Labute approximate surface area is 165 Å². The number of esters is 2. The number of carbonyl (C=O) groups is 3. The summed E-state index contributed by atoms with van der Waals surface area (Å²) >= 11 is 0. The molecule has 0 radical (unpaired) electrons. The Morgan fingerprint density at radius 1 is 1.11 bits per heavy atom. The molecule has 1 fully saturated rings. The van der Waals surface area contributed by atoms with Crippen molar-refractivity contribution in [2.75, 3.05) is 0 Å². The van der Waals surface area contributed by atoms with Crippen LogP contribution in [0.4, 0.5) is 4.79 Å². The maximum atomic E-state index is 12.5. The molecule has 1 amide bonds. The van der Waals surface area contributed by atoms with E-state index in [1.165, 1.54) is 0 Å². The Balaban J connectivity index is 1.94. The van der Waals surface area contributed by atoms with Crippen molar-refractivity contribution in [1.29, 1.82) is 0 Å². The van der Waals surface area contributed by atoms with E-state index in [-0.39, 0.29) is 19.1 Å². The van der Waals surface area contributed by atoms with Gasteiger partial charge in [0.05, 0.1) is 6.42 Å². The highest BCUT2D eigenvalue weighted by atomic mass is 16.6. The molecule has 28 heavy (non-hydrogen) atoms. The van der Waals surface area contributed by atoms with Crippen molar-refractivity contribution in [1.82, 2.24) is 5.32 Å². The van der Waals surface area contributed by atoms with Gasteiger partial charge in [0.2, 0.25) is 0 Å². The molecule has 1 saturated carbocycles. The molecule has 0 heterocycles. The summed E-state index contributed by atoms with van der Waals surface area (Å²) in [7, 11) is 0. The minimum Gasteiger partial charge on any atom is -0.461 e. The molecule has 7 nitrogen and oxygen atoms in total. The van der Waals surface area contributed by atoms with Gasteiger partial charge >= 0.3 is 18.0 Å². The molecule has 1 N–H and O–H groups in total. The van der Waals surface area contributed by atoms with E-state index in [1.807, 2.05) is 30.3 Å². The van der Waals surface area contributed by atoms with Crippen molar-refractivity contribution in [3.63, 3.8) is 0 Å². The smallest absolute Gasteiger partial charge is 0.408 e. The van der Waals surface area contributed by atoms with Crippen LogP contribution in [0.1, 0.15) is 58.4 Å². The van der Waals surface area contributed by atoms with Crippen molar-refractivity contribution in [2.45, 2.75) is 77.2 Å². The maximum absolute atomic E-state index is 12.5. The first kappa shape index (κ1) is 21.7. The Morgan fingerprint density at radius 3 is 2.36 bits per heavy atom. The number of hydrogen-bond donors (Lipinski definition) is 1. The minimum absolute atomic E-state index is 0.0938. The van der Waals surface area contributed by atoms with Crippen LogP contribution in [0.5, 0.6) is 0 Å². The summed E-state index contributed by atoms with van der Waals surface area (Å²) in [6.07, 6.45) is 2.32. The summed E-state index contributed by atoms with van der Waals surface area (Å²) in [5.74, 6) is -1.25. The third kappa shape index (κ3) is 7.98. The monoisotopic (exact) mass is 391 g/mol. The number of nitrogens with one attached hydrogen (secondary N) is 1. The molecule has 0 bridgehead atoms. The normalized spacial score (nSPS) is 15.5. The average Bonchev–Trinajstić information content (AvgIpc) is 3.11. The molecule has 154 valence electrons. The summed E-state index contributed by atoms with van der Waals surface area (Å²) < 4.78 is 15.9. The SMILES string of the molecule is CC(C)(C)OC(=O)N[C@H](CC(=O)OCc1ccccc1)C(=O)OC1CCCC1. The first-order valence-electron chi connectivity index (χ1n) is 9.62. The number of carbonyl (C=O) groups excluding carboxylic acids is 3. The van der Waals surface area contributed by atoms with Crippen LogP contribution >= 0.6 is 0 Å². The van der Waals surface area contributed by atoms with E-state index in [1.54, 1.807) is 20.8 Å². The third-order valence-electron chi connectivity index (χ3n) is 4.17. The van der Waals surface area contributed by atoms with E-state index in [0.29, 0.717) is 0 Å². The number of hydrogen-bond acceptors (Lipinski definition) is 6. The van der Waals surface area contributed by atoms with Crippen LogP contribution in [0.3, 0.4) is 0 Å². The summed E-state index contributed by atoms with van der Waals surface area (Å²) in [5.41, 5.74) is 0.110. The molecule has 7 heteroatoms. The van der Waals surface area contributed by atoms with Gasteiger partial charge in [0.1, 0.15) is 24.4 Å². The number of ether oxygens (including phenoxy) is 3. The zero-order chi connectivity index (χ0) is 20.6. The van der Waals surface area contributed by atoms with Crippen LogP contribution in [0.2, 0.25) is 0 Å². The molecule has 1 aliphatic carbocycles. The van der Waals surface area contributed by atoms with Crippen LogP contribution in [0.15, 0.2) is 30.3 Å². The largest absolute Gasteiger partial charge is 0.461 e. The molecule has 0 saturated heterocycles. The molecule has 0 aromatic heterocycles. The molecule has 2 rings (SSSR count). The lowest BCUT2D eigenvalue weighted by Gasteiger charge is -2.23. The number of alkyl carbamates (subject to hydrolysis) is 1. The molecule has 1 aliphatic rings. The van der Waals surface area contributed by atoms with E-state index < -0.39 is 29.7 Å². The van der Waals surface area contributed by atoms with Gasteiger partial charge in [-0.1, -0.05) is 30.3 Å². The van der Waals surface area contributed by atoms with Crippen molar-refractivity contribution < 1.29 is 28.6 Å². The van der Waals surface area contributed by atoms with E-state index in [9.17, 15) is 14.4 Å². The standard InChI is InChI=1S/C21H29NO6/c1-21(2,3)28-20(25)22-17(19(24)27-16-11-7-8-12-16)13-18(23)26-14-15-9-5-4-6-10-15/h4-6,9-10,16-17H,7-8,11-14H2,1-3H3,(H,22,25)/t17-/m1/s1. The zero-order valence-electron chi connectivity index (χ0n) is 16.7. The van der Waals surface area contributed by atoms with Crippen molar-refractivity contribution in [3.8, 4) is 0 Å². The van der Waals surface area contributed by atoms with E-state index in [2.05, 4.69) is 5.32 Å². The molecule has 0 unspecified atom stereocenters. The third-order valence-corrected chi connectivity index (χ3v) is 4.17. The summed E-state index contributed by atoms with van der Waals surface area (Å²) in [5, 5.41) is 2.44. The predicted octanol–water partition coefficient (Wildman–Crippen LogP) is 3.50. The lowest BCUT2D eigenvalue weighted by Crippen LogP contribution is -2.46. The van der Waals surface area contributed by atoms with Gasteiger partial charge in [-0.05, 0) is 52.0 Å². The van der Waals surface area contributed by atoms with Gasteiger partial charge in [-0.3, -0.25) is 4.79 Å². The van der Waals surface area contributed by atoms with Gasteiger partial charge in [-0.2, -0.15) is 0 Å². The second kappa shape index (κ2) is 10.1. The predicted molar refractivity (Wildman–Crippen MR) is 102 cm³/mol. The fourth-order valence-corrected chi connectivity index (χ4v) is 2.86. The zero-order valence-corrected chi connectivity index (χ0v) is 16.7. The molecule has 1 aromatic rings. The Kier molecular flexibility index (Phi) is 7.84. The first-order valence-corrected chi connectivity index (χ1v) is 9.62. The van der Waals surface area contributed by atoms with Gasteiger partial charge in [-0.25, -0.2) is 9.59 Å². The fraction of sp³-hybridized carbons (Fsp3) is 0.571. The lowest BCUT2D eigenvalue weighted by molar-refractivity contribution is -0.156. The topological polar surface area (TPSA) is 90.9 Å². The molecule has 0 aliphatic heterocycles. The number of rotatable bonds is 7. The molecule has 0 spiro atoms. The van der Waals surface area contributed by atoms with E-state index >= 15 is 0 Å². The summed E-state index contributed by atoms with van der Waals surface area (Å²) in [6, 6.07) is 8.06. The maximum Gasteiger partial charge on any atom is 0.408 e. The van der Waals surface area contributed by atoms with Crippen molar-refractivity contribution >= 4 is 18.0 Å². The van der Waals surface area contributed by atoms with Crippen molar-refractivity contribution in [2.24, 2.45) is 0 Å². The minimum atomic E-state index is -1.15. The molecular weight excluding hydrogens is 362 g/mol. The van der Waals surface area contributed by atoms with E-state index in [0.717, 1.165) is 31.2 Å². The second-order valence-electron chi connectivity index (χ2n) is 7.89. The number of amides is 1. The van der Waals surface area contributed by atoms with Crippen LogP contribution < -0.4 is 5.32 Å². The molecule has 1 aromatic carbocycles. The Bertz CT molecular complexity index is 661. The highest BCUT2D eigenvalue weighted by Crippen LogP contribution is 2.21. The quantitative estimate of drug-likeness (QED) is 0.565. The Hall–Kier alpha value is -2.57.